The van der Waals surface area contributed by atoms with Gasteiger partial charge in [-0.3, -0.25) is 4.79 Å². The molecule has 110 valence electrons. The molecule has 1 aromatic carbocycles. The first-order valence-electron chi connectivity index (χ1n) is 7.09. The highest BCUT2D eigenvalue weighted by Gasteiger charge is 2.31. The third-order valence-corrected chi connectivity index (χ3v) is 4.61. The summed E-state index contributed by atoms with van der Waals surface area (Å²) in [5, 5.41) is 12.6. The molecule has 5 heteroatoms. The van der Waals surface area contributed by atoms with Gasteiger partial charge in [0.1, 0.15) is 10.7 Å². The Kier molecular flexibility index (Phi) is 4.03. The van der Waals surface area contributed by atoms with Crippen molar-refractivity contribution in [3.63, 3.8) is 0 Å². The third-order valence-electron chi connectivity index (χ3n) is 3.72. The van der Waals surface area contributed by atoms with Gasteiger partial charge in [-0.15, -0.1) is 11.3 Å². The van der Waals surface area contributed by atoms with Crippen molar-refractivity contribution in [2.75, 3.05) is 13.6 Å². The van der Waals surface area contributed by atoms with Crippen LogP contribution in [-0.4, -0.2) is 40.6 Å². The number of carbonyl (C=O) groups is 1. The molecule has 2 aromatic rings. The van der Waals surface area contributed by atoms with Crippen molar-refractivity contribution in [2.45, 2.75) is 18.9 Å². The molecule has 1 unspecified atom stereocenters. The van der Waals surface area contributed by atoms with Crippen LogP contribution < -0.4 is 0 Å². The van der Waals surface area contributed by atoms with E-state index in [0.717, 1.165) is 23.4 Å². The molecule has 1 N–H and O–H groups in total. The molecule has 4 nitrogen and oxygen atoms in total. The normalized spacial score (nSPS) is 15.7. The van der Waals surface area contributed by atoms with Crippen LogP contribution in [0.5, 0.6) is 0 Å². The lowest BCUT2D eigenvalue weighted by Crippen LogP contribution is -2.35. The van der Waals surface area contributed by atoms with E-state index in [0.29, 0.717) is 18.2 Å². The molecule has 0 spiro atoms. The summed E-state index contributed by atoms with van der Waals surface area (Å²) < 4.78 is 0. The van der Waals surface area contributed by atoms with E-state index in [-0.39, 0.29) is 5.91 Å². The lowest BCUT2D eigenvalue weighted by Gasteiger charge is -2.19. The molecule has 0 aliphatic heterocycles. The molecule has 1 saturated carbocycles. The highest BCUT2D eigenvalue weighted by atomic mass is 32.1. The van der Waals surface area contributed by atoms with Gasteiger partial charge in [-0.1, -0.05) is 30.3 Å². The molecule has 0 saturated heterocycles. The van der Waals surface area contributed by atoms with Gasteiger partial charge in [0.05, 0.1) is 6.10 Å². The number of rotatable bonds is 5. The van der Waals surface area contributed by atoms with Crippen LogP contribution in [0.25, 0.3) is 10.6 Å². The van der Waals surface area contributed by atoms with Gasteiger partial charge in [0.2, 0.25) is 0 Å². The van der Waals surface area contributed by atoms with E-state index in [9.17, 15) is 9.90 Å². The first-order valence-corrected chi connectivity index (χ1v) is 7.97. The van der Waals surface area contributed by atoms with Crippen LogP contribution in [0.1, 0.15) is 23.3 Å². The number of aliphatic hydroxyl groups is 1. The van der Waals surface area contributed by atoms with Gasteiger partial charge in [-0.05, 0) is 18.8 Å². The predicted octanol–water partition coefficient (Wildman–Crippen LogP) is 2.65. The number of aliphatic hydroxyl groups excluding tert-OH is 1. The van der Waals surface area contributed by atoms with Crippen molar-refractivity contribution in [3.05, 3.63) is 41.4 Å². The van der Waals surface area contributed by atoms with Gasteiger partial charge in [0, 0.05) is 24.5 Å². The van der Waals surface area contributed by atoms with Gasteiger partial charge in [0.15, 0.2) is 0 Å². The van der Waals surface area contributed by atoms with Crippen LogP contribution in [0.3, 0.4) is 0 Å². The number of benzene rings is 1. The van der Waals surface area contributed by atoms with Crippen molar-refractivity contribution >= 4 is 17.2 Å². The fourth-order valence-electron chi connectivity index (χ4n) is 2.27. The summed E-state index contributed by atoms with van der Waals surface area (Å²) in [6.07, 6.45) is 1.72. The van der Waals surface area contributed by atoms with Crippen molar-refractivity contribution in [1.82, 2.24) is 9.88 Å². The predicted molar refractivity (Wildman–Crippen MR) is 83.2 cm³/mol. The Labute approximate surface area is 128 Å². The summed E-state index contributed by atoms with van der Waals surface area (Å²) in [5.74, 6) is 0.240. The van der Waals surface area contributed by atoms with Crippen molar-refractivity contribution in [3.8, 4) is 10.6 Å². The summed E-state index contributed by atoms with van der Waals surface area (Å²) >= 11 is 1.46. The summed E-state index contributed by atoms with van der Waals surface area (Å²) in [6.45, 7) is 0.377. The molecule has 1 fully saturated rings. The Morgan fingerprint density at radius 2 is 2.14 bits per heavy atom. The number of hydrogen-bond acceptors (Lipinski definition) is 4. The Hall–Kier alpha value is -1.72. The van der Waals surface area contributed by atoms with Gasteiger partial charge >= 0.3 is 0 Å². The van der Waals surface area contributed by atoms with Gasteiger partial charge in [-0.2, -0.15) is 0 Å². The Bertz CT molecular complexity index is 622. The largest absolute Gasteiger partial charge is 0.391 e. The van der Waals surface area contributed by atoms with Crippen LogP contribution in [0.4, 0.5) is 0 Å². The Balaban J connectivity index is 1.68. The van der Waals surface area contributed by atoms with Crippen molar-refractivity contribution < 1.29 is 9.90 Å². The smallest absolute Gasteiger partial charge is 0.273 e. The molecule has 1 amide bonds. The standard InChI is InChI=1S/C16H18N2O2S/c1-18(9-14(19)11-7-8-11)16(20)13-10-21-15(17-13)12-5-3-2-4-6-12/h2-6,10-11,14,19H,7-9H2,1H3. The number of hydrogen-bond donors (Lipinski definition) is 1. The minimum Gasteiger partial charge on any atom is -0.391 e. The summed E-state index contributed by atoms with van der Waals surface area (Å²) in [5.41, 5.74) is 1.46. The zero-order valence-corrected chi connectivity index (χ0v) is 12.7. The van der Waals surface area contributed by atoms with Crippen LogP contribution in [-0.2, 0) is 0 Å². The Morgan fingerprint density at radius 1 is 1.43 bits per heavy atom. The molecule has 0 radical (unpaired) electrons. The minimum atomic E-state index is -0.411. The number of amides is 1. The molecule has 0 bridgehead atoms. The zero-order valence-electron chi connectivity index (χ0n) is 11.9. The van der Waals surface area contributed by atoms with E-state index >= 15 is 0 Å². The SMILES string of the molecule is CN(CC(O)C1CC1)C(=O)c1csc(-c2ccccc2)n1. The molecule has 21 heavy (non-hydrogen) atoms. The second-order valence-corrected chi connectivity index (χ2v) is 6.35. The second-order valence-electron chi connectivity index (χ2n) is 5.49. The Morgan fingerprint density at radius 3 is 2.81 bits per heavy atom. The fraction of sp³-hybridized carbons (Fsp3) is 0.375. The van der Waals surface area contributed by atoms with Crippen LogP contribution in [0.2, 0.25) is 0 Å². The molecular formula is C16H18N2O2S. The highest BCUT2D eigenvalue weighted by molar-refractivity contribution is 7.13. The lowest BCUT2D eigenvalue weighted by molar-refractivity contribution is 0.0641. The van der Waals surface area contributed by atoms with Gasteiger partial charge in [0.25, 0.3) is 5.91 Å². The molecule has 1 heterocycles. The van der Waals surface area contributed by atoms with E-state index in [4.69, 9.17) is 0 Å². The van der Waals surface area contributed by atoms with E-state index in [1.807, 2.05) is 30.3 Å². The number of nitrogens with zero attached hydrogens (tertiary/aromatic N) is 2. The minimum absolute atomic E-state index is 0.131. The summed E-state index contributed by atoms with van der Waals surface area (Å²) in [6, 6.07) is 9.82. The monoisotopic (exact) mass is 302 g/mol. The summed E-state index contributed by atoms with van der Waals surface area (Å²) in [7, 11) is 1.72. The average Bonchev–Trinajstić information content (AvgIpc) is 3.25. The maximum atomic E-state index is 12.3. The van der Waals surface area contributed by atoms with E-state index in [1.54, 1.807) is 17.3 Å². The van der Waals surface area contributed by atoms with E-state index < -0.39 is 6.10 Å². The molecule has 1 atom stereocenters. The third kappa shape index (κ3) is 3.31. The maximum absolute atomic E-state index is 12.3. The molecule has 1 aliphatic rings. The van der Waals surface area contributed by atoms with Gasteiger partial charge < -0.3 is 10.0 Å². The quantitative estimate of drug-likeness (QED) is 0.924. The summed E-state index contributed by atoms with van der Waals surface area (Å²) in [4.78, 5) is 18.3. The average molecular weight is 302 g/mol. The maximum Gasteiger partial charge on any atom is 0.273 e. The van der Waals surface area contributed by atoms with Crippen LogP contribution in [0, 0.1) is 5.92 Å². The number of carbonyl (C=O) groups excluding carboxylic acids is 1. The van der Waals surface area contributed by atoms with Gasteiger partial charge in [-0.25, -0.2) is 4.98 Å². The first-order chi connectivity index (χ1) is 10.1. The van der Waals surface area contributed by atoms with Crippen LogP contribution >= 0.6 is 11.3 Å². The molecule has 3 rings (SSSR count). The highest BCUT2D eigenvalue weighted by Crippen LogP contribution is 2.33. The molecular weight excluding hydrogens is 284 g/mol. The molecule has 1 aromatic heterocycles. The van der Waals surface area contributed by atoms with E-state index in [1.165, 1.54) is 11.3 Å². The van der Waals surface area contributed by atoms with Crippen molar-refractivity contribution in [2.24, 2.45) is 5.92 Å². The second kappa shape index (κ2) is 5.95. The first kappa shape index (κ1) is 14.2. The van der Waals surface area contributed by atoms with Crippen LogP contribution in [0.15, 0.2) is 35.7 Å². The van der Waals surface area contributed by atoms with E-state index in [2.05, 4.69) is 4.98 Å². The number of likely N-dealkylation sites (N-methyl/N-ethyl adjacent to an activating group) is 1. The fourth-order valence-corrected chi connectivity index (χ4v) is 3.07. The number of thiazole rings is 1. The van der Waals surface area contributed by atoms with Crippen molar-refractivity contribution in [1.29, 1.82) is 0 Å². The molecule has 1 aliphatic carbocycles. The topological polar surface area (TPSA) is 53.4 Å². The lowest BCUT2D eigenvalue weighted by atomic mass is 10.2. The zero-order chi connectivity index (χ0) is 14.8. The number of aromatic nitrogens is 1.